The van der Waals surface area contributed by atoms with Gasteiger partial charge in [0.2, 0.25) is 5.91 Å². The highest BCUT2D eigenvalue weighted by molar-refractivity contribution is 5.97. The number of carbonyl (C=O) groups excluding carboxylic acids is 3. The fourth-order valence-electron chi connectivity index (χ4n) is 4.81. The van der Waals surface area contributed by atoms with E-state index in [9.17, 15) is 14.4 Å². The highest BCUT2D eigenvalue weighted by Crippen LogP contribution is 2.47. The summed E-state index contributed by atoms with van der Waals surface area (Å²) in [6, 6.07) is 18.6. The Balaban J connectivity index is 1.75. The van der Waals surface area contributed by atoms with E-state index in [0.717, 1.165) is 11.1 Å². The second kappa shape index (κ2) is 8.89. The van der Waals surface area contributed by atoms with Crippen molar-refractivity contribution < 1.29 is 28.6 Å². The number of rotatable bonds is 6. The minimum atomic E-state index is -1.21. The van der Waals surface area contributed by atoms with E-state index in [-0.39, 0.29) is 12.5 Å². The van der Waals surface area contributed by atoms with Crippen LogP contribution in [0.25, 0.3) is 0 Å². The number of hydrogen-bond donors (Lipinski definition) is 0. The monoisotopic (exact) mass is 423 g/mol. The molecule has 31 heavy (non-hydrogen) atoms. The zero-order valence-corrected chi connectivity index (χ0v) is 17.5. The van der Waals surface area contributed by atoms with Crippen molar-refractivity contribution in [2.75, 3.05) is 20.8 Å². The normalized spacial score (nSPS) is 24.9. The van der Waals surface area contributed by atoms with Gasteiger partial charge < -0.3 is 19.1 Å². The fourth-order valence-corrected chi connectivity index (χ4v) is 4.81. The van der Waals surface area contributed by atoms with Crippen LogP contribution in [0, 0.1) is 17.8 Å². The molecule has 7 nitrogen and oxygen atoms in total. The molecule has 0 bridgehead atoms. The molecule has 0 spiro atoms. The molecule has 7 heteroatoms. The lowest BCUT2D eigenvalue weighted by atomic mass is 9.77. The van der Waals surface area contributed by atoms with Crippen LogP contribution in [0.3, 0.4) is 0 Å². The standard InChI is InChI=1S/C24H25NO6/c1-29-23(27)20(24(28)30-2)19-17(13-15-9-5-3-6-10-15)21(26)25-18(19)14-31-22(25)16-11-7-4-8-12-16/h3-12,17-20,22H,13-14H2,1-2H3/t17-,18+,19-,22+/m0/s1. The van der Waals surface area contributed by atoms with E-state index in [2.05, 4.69) is 0 Å². The molecule has 0 aliphatic carbocycles. The maximum atomic E-state index is 13.7. The Morgan fingerprint density at radius 2 is 1.58 bits per heavy atom. The van der Waals surface area contributed by atoms with Crippen molar-refractivity contribution in [1.29, 1.82) is 0 Å². The summed E-state index contributed by atoms with van der Waals surface area (Å²) in [5.41, 5.74) is 1.81. The van der Waals surface area contributed by atoms with Gasteiger partial charge in [-0.1, -0.05) is 60.7 Å². The second-order valence-corrected chi connectivity index (χ2v) is 7.81. The minimum absolute atomic E-state index is 0.136. The number of benzene rings is 2. The molecule has 0 radical (unpaired) electrons. The van der Waals surface area contributed by atoms with Crippen LogP contribution in [0.2, 0.25) is 0 Å². The van der Waals surface area contributed by atoms with Crippen LogP contribution in [-0.4, -0.2) is 49.6 Å². The number of ether oxygens (including phenoxy) is 3. The van der Waals surface area contributed by atoms with Gasteiger partial charge in [0.25, 0.3) is 0 Å². The topological polar surface area (TPSA) is 82.1 Å². The minimum Gasteiger partial charge on any atom is -0.468 e. The SMILES string of the molecule is COC(=O)C(C(=O)OC)[C@H]1[C@H](Cc2ccccc2)C(=O)N2[C@@H](c3ccccc3)OC[C@H]12. The lowest BCUT2D eigenvalue weighted by Gasteiger charge is -2.27. The number of carbonyl (C=O) groups is 3. The maximum absolute atomic E-state index is 13.7. The van der Waals surface area contributed by atoms with Crippen molar-refractivity contribution in [3.63, 3.8) is 0 Å². The summed E-state index contributed by atoms with van der Waals surface area (Å²) in [6.45, 7) is 0.228. The van der Waals surface area contributed by atoms with Gasteiger partial charge in [-0.3, -0.25) is 14.4 Å². The van der Waals surface area contributed by atoms with Gasteiger partial charge in [-0.05, 0) is 12.0 Å². The molecule has 1 amide bonds. The number of nitrogens with zero attached hydrogens (tertiary/aromatic N) is 1. The second-order valence-electron chi connectivity index (χ2n) is 7.81. The summed E-state index contributed by atoms with van der Waals surface area (Å²) < 4.78 is 15.8. The van der Waals surface area contributed by atoms with Crippen LogP contribution < -0.4 is 0 Å². The maximum Gasteiger partial charge on any atom is 0.320 e. The first kappa shape index (κ1) is 21.1. The summed E-state index contributed by atoms with van der Waals surface area (Å²) in [5.74, 6) is -3.95. The van der Waals surface area contributed by atoms with Crippen molar-refractivity contribution in [1.82, 2.24) is 4.90 Å². The van der Waals surface area contributed by atoms with Gasteiger partial charge in [0.1, 0.15) is 0 Å². The van der Waals surface area contributed by atoms with Crippen molar-refractivity contribution in [3.05, 3.63) is 71.8 Å². The number of methoxy groups -OCH3 is 2. The number of fused-ring (bicyclic) bond motifs is 1. The number of hydrogen-bond acceptors (Lipinski definition) is 6. The highest BCUT2D eigenvalue weighted by Gasteiger charge is 2.59. The fraction of sp³-hybridized carbons (Fsp3) is 0.375. The molecule has 2 aliphatic rings. The summed E-state index contributed by atoms with van der Waals surface area (Å²) in [7, 11) is 2.47. The summed E-state index contributed by atoms with van der Waals surface area (Å²) in [4.78, 5) is 40.6. The van der Waals surface area contributed by atoms with Crippen LogP contribution >= 0.6 is 0 Å². The lowest BCUT2D eigenvalue weighted by molar-refractivity contribution is -0.162. The van der Waals surface area contributed by atoms with Gasteiger partial charge in [-0.2, -0.15) is 0 Å². The third-order valence-corrected chi connectivity index (χ3v) is 6.19. The van der Waals surface area contributed by atoms with Crippen LogP contribution in [-0.2, 0) is 35.0 Å². The van der Waals surface area contributed by atoms with Gasteiger partial charge in [0.15, 0.2) is 12.1 Å². The zero-order chi connectivity index (χ0) is 22.0. The Morgan fingerprint density at radius 3 is 2.16 bits per heavy atom. The van der Waals surface area contributed by atoms with E-state index in [1.807, 2.05) is 60.7 Å². The van der Waals surface area contributed by atoms with Crippen LogP contribution in [0.15, 0.2) is 60.7 Å². The predicted molar refractivity (Wildman–Crippen MR) is 110 cm³/mol. The van der Waals surface area contributed by atoms with Gasteiger partial charge in [0.05, 0.1) is 26.9 Å². The van der Waals surface area contributed by atoms with Crippen molar-refractivity contribution >= 4 is 17.8 Å². The Labute approximate surface area is 180 Å². The average Bonchev–Trinajstić information content (AvgIpc) is 3.35. The summed E-state index contributed by atoms with van der Waals surface area (Å²) >= 11 is 0. The van der Waals surface area contributed by atoms with Crippen molar-refractivity contribution in [2.45, 2.75) is 18.7 Å². The molecule has 0 unspecified atom stereocenters. The molecule has 0 N–H and O–H groups in total. The molecule has 2 aliphatic heterocycles. The van der Waals surface area contributed by atoms with Gasteiger partial charge in [-0.25, -0.2) is 0 Å². The lowest BCUT2D eigenvalue weighted by Crippen LogP contribution is -2.42. The van der Waals surface area contributed by atoms with E-state index >= 15 is 0 Å². The van der Waals surface area contributed by atoms with Crippen molar-refractivity contribution in [2.24, 2.45) is 17.8 Å². The van der Waals surface area contributed by atoms with E-state index in [4.69, 9.17) is 14.2 Å². The van der Waals surface area contributed by atoms with Gasteiger partial charge >= 0.3 is 11.9 Å². The molecule has 2 heterocycles. The van der Waals surface area contributed by atoms with E-state index in [1.54, 1.807) is 4.90 Å². The van der Waals surface area contributed by atoms with Crippen molar-refractivity contribution in [3.8, 4) is 0 Å². The van der Waals surface area contributed by atoms with Crippen LogP contribution in [0.4, 0.5) is 0 Å². The van der Waals surface area contributed by atoms with E-state index in [1.165, 1.54) is 14.2 Å². The smallest absolute Gasteiger partial charge is 0.320 e. The summed E-state index contributed by atoms with van der Waals surface area (Å²) in [5, 5.41) is 0. The largest absolute Gasteiger partial charge is 0.468 e. The Bertz CT molecular complexity index is 931. The molecule has 162 valence electrons. The molecule has 4 rings (SSSR count). The molecular formula is C24H25NO6. The predicted octanol–water partition coefficient (Wildman–Crippen LogP) is 2.36. The first-order valence-corrected chi connectivity index (χ1v) is 10.2. The van der Waals surface area contributed by atoms with E-state index in [0.29, 0.717) is 6.42 Å². The third kappa shape index (κ3) is 3.81. The summed E-state index contributed by atoms with van der Waals surface area (Å²) in [6.07, 6.45) is -0.151. The average molecular weight is 423 g/mol. The van der Waals surface area contributed by atoms with Gasteiger partial charge in [-0.15, -0.1) is 0 Å². The van der Waals surface area contributed by atoms with Crippen LogP contribution in [0.5, 0.6) is 0 Å². The Kier molecular flexibility index (Phi) is 6.04. The van der Waals surface area contributed by atoms with E-state index < -0.39 is 42.0 Å². The zero-order valence-electron chi connectivity index (χ0n) is 17.5. The van der Waals surface area contributed by atoms with Crippen LogP contribution in [0.1, 0.15) is 17.4 Å². The quantitative estimate of drug-likeness (QED) is 0.524. The molecular weight excluding hydrogens is 398 g/mol. The number of amides is 1. The molecule has 0 saturated carbocycles. The molecule has 2 aromatic carbocycles. The third-order valence-electron chi connectivity index (χ3n) is 6.19. The Morgan fingerprint density at radius 1 is 1.00 bits per heavy atom. The molecule has 4 atom stereocenters. The number of esters is 2. The first-order valence-electron chi connectivity index (χ1n) is 10.2. The molecule has 2 aromatic rings. The molecule has 2 saturated heterocycles. The molecule has 0 aromatic heterocycles. The Hall–Kier alpha value is -3.19. The highest BCUT2D eigenvalue weighted by atomic mass is 16.5. The van der Waals surface area contributed by atoms with Gasteiger partial charge in [0, 0.05) is 17.4 Å². The molecule has 2 fully saturated rings. The first-order chi connectivity index (χ1) is 15.1.